The topological polar surface area (TPSA) is 117 Å². The molecule has 0 bridgehead atoms. The van der Waals surface area contributed by atoms with Gasteiger partial charge in [0, 0.05) is 41.7 Å². The molecule has 188 valence electrons. The lowest BCUT2D eigenvalue weighted by Crippen LogP contribution is -2.52. The van der Waals surface area contributed by atoms with E-state index in [9.17, 15) is 14.4 Å². The summed E-state index contributed by atoms with van der Waals surface area (Å²) in [6.07, 6.45) is 4.41. The fourth-order valence-electron chi connectivity index (χ4n) is 4.31. The van der Waals surface area contributed by atoms with E-state index in [4.69, 9.17) is 4.74 Å². The number of ether oxygens (including phenoxy) is 1. The number of rotatable bonds is 8. The summed E-state index contributed by atoms with van der Waals surface area (Å²) >= 11 is 0. The van der Waals surface area contributed by atoms with Gasteiger partial charge in [-0.25, -0.2) is 4.98 Å². The number of amides is 2. The summed E-state index contributed by atoms with van der Waals surface area (Å²) in [6, 6.07) is 10.8. The largest absolute Gasteiger partial charge is 0.477 e. The zero-order valence-electron chi connectivity index (χ0n) is 20.8. The van der Waals surface area contributed by atoms with Gasteiger partial charge in [-0.3, -0.25) is 19.4 Å². The Morgan fingerprint density at radius 1 is 1.17 bits per heavy atom. The number of carbonyl (C=O) groups excluding carboxylic acids is 2. The number of carbonyl (C=O) groups is 2. The lowest BCUT2D eigenvalue weighted by molar-refractivity contribution is -0.129. The van der Waals surface area contributed by atoms with Gasteiger partial charge in [-0.05, 0) is 50.5 Å². The van der Waals surface area contributed by atoms with Crippen LogP contribution >= 0.6 is 0 Å². The van der Waals surface area contributed by atoms with E-state index >= 15 is 0 Å². The van der Waals surface area contributed by atoms with Gasteiger partial charge in [-0.15, -0.1) is 0 Å². The summed E-state index contributed by atoms with van der Waals surface area (Å²) in [5.74, 6) is 0.518. The summed E-state index contributed by atoms with van der Waals surface area (Å²) in [5.41, 5.74) is 2.14. The highest BCUT2D eigenvalue weighted by Gasteiger charge is 2.34. The minimum atomic E-state index is -0.809. The van der Waals surface area contributed by atoms with Crippen LogP contribution in [0.2, 0.25) is 0 Å². The molecule has 36 heavy (non-hydrogen) atoms. The van der Waals surface area contributed by atoms with Crippen molar-refractivity contribution in [3.05, 3.63) is 70.4 Å². The van der Waals surface area contributed by atoms with Gasteiger partial charge < -0.3 is 19.9 Å². The second-order valence-electron chi connectivity index (χ2n) is 8.81. The number of hydrogen-bond acceptors (Lipinski definition) is 6. The Morgan fingerprint density at radius 3 is 2.58 bits per heavy atom. The Bertz CT molecular complexity index is 1290. The molecule has 0 aliphatic carbocycles. The first-order valence-corrected chi connectivity index (χ1v) is 12.3. The van der Waals surface area contributed by atoms with Crippen molar-refractivity contribution in [2.75, 3.05) is 11.4 Å². The summed E-state index contributed by atoms with van der Waals surface area (Å²) in [5, 5.41) is 3.01. The smallest absolute Gasteiger partial charge is 0.263 e. The van der Waals surface area contributed by atoms with Gasteiger partial charge in [0.15, 0.2) is 6.10 Å². The first-order chi connectivity index (χ1) is 17.4. The second kappa shape index (κ2) is 11.2. The first kappa shape index (κ1) is 25.1. The maximum atomic E-state index is 13.3. The average Bonchev–Trinajstić information content (AvgIpc) is 2.90. The number of aryl methyl sites for hydroxylation is 1. The second-order valence-corrected chi connectivity index (χ2v) is 8.81. The maximum Gasteiger partial charge on any atom is 0.263 e. The predicted molar refractivity (Wildman–Crippen MR) is 137 cm³/mol. The lowest BCUT2D eigenvalue weighted by atomic mass is 10.1. The molecule has 9 heteroatoms. The van der Waals surface area contributed by atoms with Gasteiger partial charge in [-0.2, -0.15) is 0 Å². The highest BCUT2D eigenvalue weighted by atomic mass is 16.5. The fraction of sp³-hybridized carbons (Fsp3) is 0.370. The van der Waals surface area contributed by atoms with Gasteiger partial charge in [0.1, 0.15) is 11.6 Å². The standard InChI is InChI=1S/C27H31N5O4/c1-4-19(5-2)30-27(35)23-16-32(21-8-6-7-9-22(21)36-23)24(33)11-10-20-17(3)29-25(31-26(20)34)18-12-14-28-15-13-18/h6-9,12-15,19,23H,4-5,10-11,16H2,1-3H3,(H,30,35)(H,29,31,34). The SMILES string of the molecule is CCC(CC)NC(=O)C1CN(C(=O)CCc2c(C)nc(-c3ccncc3)[nH]c2=O)c2ccccc2O1. The van der Waals surface area contributed by atoms with Crippen LogP contribution in [0.1, 0.15) is 44.4 Å². The maximum absolute atomic E-state index is 13.3. The molecule has 2 amide bonds. The Balaban J connectivity index is 1.50. The van der Waals surface area contributed by atoms with Crippen LogP contribution in [0.25, 0.3) is 11.4 Å². The normalized spacial score (nSPS) is 14.8. The minimum Gasteiger partial charge on any atom is -0.477 e. The van der Waals surface area contributed by atoms with Crippen molar-refractivity contribution >= 4 is 17.5 Å². The van der Waals surface area contributed by atoms with Crippen molar-refractivity contribution in [1.82, 2.24) is 20.3 Å². The molecule has 2 aromatic heterocycles. The Morgan fingerprint density at radius 2 is 1.89 bits per heavy atom. The zero-order chi connectivity index (χ0) is 25.7. The fourth-order valence-corrected chi connectivity index (χ4v) is 4.31. The number of aromatic amines is 1. The van der Waals surface area contributed by atoms with E-state index in [0.29, 0.717) is 28.5 Å². The van der Waals surface area contributed by atoms with E-state index in [1.54, 1.807) is 48.5 Å². The molecule has 1 unspecified atom stereocenters. The van der Waals surface area contributed by atoms with Crippen LogP contribution in [-0.2, 0) is 16.0 Å². The van der Waals surface area contributed by atoms with Crippen molar-refractivity contribution in [3.8, 4) is 17.1 Å². The van der Waals surface area contributed by atoms with Crippen LogP contribution in [0.15, 0.2) is 53.6 Å². The van der Waals surface area contributed by atoms with Gasteiger partial charge in [-0.1, -0.05) is 26.0 Å². The minimum absolute atomic E-state index is 0.0553. The average molecular weight is 490 g/mol. The summed E-state index contributed by atoms with van der Waals surface area (Å²) in [4.78, 5) is 52.0. The summed E-state index contributed by atoms with van der Waals surface area (Å²) < 4.78 is 5.94. The molecule has 0 spiro atoms. The van der Waals surface area contributed by atoms with Crippen molar-refractivity contribution < 1.29 is 14.3 Å². The number of aromatic nitrogens is 3. The van der Waals surface area contributed by atoms with E-state index in [-0.39, 0.29) is 42.8 Å². The molecule has 2 N–H and O–H groups in total. The number of fused-ring (bicyclic) bond motifs is 1. The summed E-state index contributed by atoms with van der Waals surface area (Å²) in [6.45, 7) is 5.91. The molecule has 3 aromatic rings. The quantitative estimate of drug-likeness (QED) is 0.502. The van der Waals surface area contributed by atoms with Crippen molar-refractivity contribution in [2.45, 2.75) is 58.6 Å². The molecule has 9 nitrogen and oxygen atoms in total. The molecule has 0 radical (unpaired) electrons. The van der Waals surface area contributed by atoms with Crippen molar-refractivity contribution in [1.29, 1.82) is 0 Å². The molecule has 4 rings (SSSR count). The molecule has 1 aliphatic rings. The van der Waals surface area contributed by atoms with E-state index < -0.39 is 6.10 Å². The van der Waals surface area contributed by atoms with Crippen LogP contribution in [-0.4, -0.2) is 45.5 Å². The number of pyridine rings is 1. The molecule has 3 heterocycles. The number of para-hydroxylation sites is 2. The highest BCUT2D eigenvalue weighted by Crippen LogP contribution is 2.33. The number of nitrogens with zero attached hydrogens (tertiary/aromatic N) is 3. The zero-order valence-corrected chi connectivity index (χ0v) is 20.8. The third kappa shape index (κ3) is 5.45. The number of hydrogen-bond donors (Lipinski definition) is 2. The van der Waals surface area contributed by atoms with Gasteiger partial charge in [0.2, 0.25) is 5.91 Å². The number of nitrogens with one attached hydrogen (secondary N) is 2. The number of anilines is 1. The van der Waals surface area contributed by atoms with Gasteiger partial charge in [0.25, 0.3) is 11.5 Å². The molecule has 0 fully saturated rings. The third-order valence-electron chi connectivity index (χ3n) is 6.46. The van der Waals surface area contributed by atoms with Crippen LogP contribution in [0.4, 0.5) is 5.69 Å². The number of benzene rings is 1. The number of H-pyrrole nitrogens is 1. The first-order valence-electron chi connectivity index (χ1n) is 12.3. The molecule has 0 saturated carbocycles. The van der Waals surface area contributed by atoms with E-state index in [2.05, 4.69) is 20.3 Å². The summed E-state index contributed by atoms with van der Waals surface area (Å²) in [7, 11) is 0. The van der Waals surface area contributed by atoms with Gasteiger partial charge in [0.05, 0.1) is 12.2 Å². The molecule has 1 aliphatic heterocycles. The Labute approximate surface area is 209 Å². The van der Waals surface area contributed by atoms with Crippen molar-refractivity contribution in [3.63, 3.8) is 0 Å². The molecule has 0 saturated heterocycles. The third-order valence-corrected chi connectivity index (χ3v) is 6.46. The van der Waals surface area contributed by atoms with E-state index in [0.717, 1.165) is 18.4 Å². The lowest BCUT2D eigenvalue weighted by Gasteiger charge is -2.34. The van der Waals surface area contributed by atoms with Crippen LogP contribution in [0.5, 0.6) is 5.75 Å². The van der Waals surface area contributed by atoms with Crippen LogP contribution in [0, 0.1) is 6.92 Å². The van der Waals surface area contributed by atoms with Crippen LogP contribution in [0.3, 0.4) is 0 Å². The molecule has 1 atom stereocenters. The Kier molecular flexibility index (Phi) is 7.77. The van der Waals surface area contributed by atoms with Crippen molar-refractivity contribution in [2.24, 2.45) is 0 Å². The van der Waals surface area contributed by atoms with E-state index in [1.165, 1.54) is 0 Å². The highest BCUT2D eigenvalue weighted by molar-refractivity contribution is 5.97. The molecular formula is C27H31N5O4. The van der Waals surface area contributed by atoms with Crippen LogP contribution < -0.4 is 20.5 Å². The predicted octanol–water partition coefficient (Wildman–Crippen LogP) is 3.17. The van der Waals surface area contributed by atoms with E-state index in [1.807, 2.05) is 26.0 Å². The monoisotopic (exact) mass is 489 g/mol. The molecular weight excluding hydrogens is 458 g/mol. The Hall–Kier alpha value is -4.01. The molecule has 1 aromatic carbocycles. The van der Waals surface area contributed by atoms with Gasteiger partial charge >= 0.3 is 0 Å².